The van der Waals surface area contributed by atoms with Crippen molar-refractivity contribution in [3.8, 4) is 0 Å². The molecule has 4 aromatic carbocycles. The van der Waals surface area contributed by atoms with Crippen LogP contribution in [0.1, 0.15) is 142 Å². The maximum absolute atomic E-state index is 13.3. The number of ketones is 3. The van der Waals surface area contributed by atoms with Gasteiger partial charge in [0.05, 0.1) is 25.5 Å². The Balaban J connectivity index is 0.000000546. The van der Waals surface area contributed by atoms with Gasteiger partial charge in [0.25, 0.3) is 0 Å². The SMILES string of the molecule is C.CC(Cl)OC(=O)Cl.CCCC1(C(=O)c2ccc(Cl)c(C)c2)CCNC1.CCCC1(C(=O)c2ccc(Cl)c(Cl)c2)CCN(C(=O)OC(C)Cl)C1.CCCC1(C(=O)c2ccc(Cl)c(Cl)c2)CCN(Cc2ccccc2)C1.Cl.[I][V]([I])[I]. The normalized spacial score (nSPS) is 19.8. The standard InChI is InChI=1S/C21H23Cl2NO.C17H20Cl3NO3.C15H20ClNO.C3H4Cl2O2.CH4.ClH.3HI.V/c1-2-10-21(20(25)17-8-9-18(22)19(23)13-17)11-12-24(15-21)14-16-6-4-3-5-7-16;1-3-6-17(7-8-21(10-17)16(23)24-11(2)18)15(22)12-4-5-13(19)14(20)9-12;1-3-6-15(7-8-17-10-15)14(18)12-4-5-13(16)11(2)9-12;1-2(4)7-3(5)6;;;;;;/h3-9,13H,2,10-12,14-15H2,1H3;4-5,9,11H,3,6-8,10H2,1-2H3;4-5,9,17H,3,6-8,10H2,1-2H3;2H,1H3;1H4;4*1H;/q;;;;;;;;;+3/p-3. The van der Waals surface area contributed by atoms with Gasteiger partial charge in [0.2, 0.25) is 0 Å². The summed E-state index contributed by atoms with van der Waals surface area (Å²) >= 11 is 53.1. The monoisotopic (exact) mass is 1660 g/mol. The first-order valence-electron chi connectivity index (χ1n) is 25.4. The zero-order valence-corrected chi connectivity index (χ0v) is 59.5. The minimum absolute atomic E-state index is 0. The number of hydrogen-bond acceptors (Lipinski definition) is 9. The Bertz CT molecular complexity index is 2600. The molecule has 446 valence electrons. The van der Waals surface area contributed by atoms with Gasteiger partial charge in [-0.3, -0.25) is 19.3 Å². The maximum atomic E-state index is 13.3. The summed E-state index contributed by atoms with van der Waals surface area (Å²) < 4.78 is 9.17. The number of likely N-dealkylation sites (tertiary alicyclic amines) is 2. The fourth-order valence-electron chi connectivity index (χ4n) is 9.99. The second-order valence-electron chi connectivity index (χ2n) is 19.4. The fourth-order valence-corrected chi connectivity index (χ4v) is 11.0. The van der Waals surface area contributed by atoms with E-state index in [1.54, 1.807) is 48.2 Å². The molecule has 3 aliphatic rings. The average Bonchev–Trinajstić information content (AvgIpc) is 4.15. The molecule has 1 N–H and O–H groups in total. The van der Waals surface area contributed by atoms with E-state index in [9.17, 15) is 24.0 Å². The fraction of sp³-hybridized carbons (Fsp3) is 0.491. The van der Waals surface area contributed by atoms with E-state index in [1.807, 2.05) is 38.1 Å². The van der Waals surface area contributed by atoms with Crippen molar-refractivity contribution >= 4 is 194 Å². The van der Waals surface area contributed by atoms with E-state index in [4.69, 9.17) is 97.5 Å². The number of alkyl halides is 2. The van der Waals surface area contributed by atoms with E-state index < -0.39 is 28.1 Å². The molecule has 0 bridgehead atoms. The first-order valence-corrected chi connectivity index (χ1v) is 42.1. The van der Waals surface area contributed by atoms with Crippen molar-refractivity contribution in [1.82, 2.24) is 15.1 Å². The molecule has 4 aromatic rings. The first-order chi connectivity index (χ1) is 36.8. The Morgan fingerprint density at radius 1 is 0.625 bits per heavy atom. The molecule has 3 aliphatic heterocycles. The number of aryl methyl sites for hydroxylation is 1. The quantitative estimate of drug-likeness (QED) is 0.0506. The second kappa shape index (κ2) is 39.0. The minimum atomic E-state index is -0.873. The van der Waals surface area contributed by atoms with Crippen LogP contribution in [0.25, 0.3) is 0 Å². The number of nitrogens with zero attached hydrogens (tertiary/aromatic N) is 2. The van der Waals surface area contributed by atoms with Crippen LogP contribution in [-0.4, -0.2) is 89.1 Å². The summed E-state index contributed by atoms with van der Waals surface area (Å²) in [6.45, 7) is 16.5. The topological polar surface area (TPSA) is 122 Å². The van der Waals surface area contributed by atoms with E-state index in [0.717, 1.165) is 93.8 Å². The van der Waals surface area contributed by atoms with Gasteiger partial charge in [0, 0.05) is 76.9 Å². The molecule has 0 radical (unpaired) electrons. The van der Waals surface area contributed by atoms with Crippen molar-refractivity contribution in [2.24, 2.45) is 16.2 Å². The van der Waals surface area contributed by atoms with Crippen LogP contribution in [0.3, 0.4) is 0 Å². The van der Waals surface area contributed by atoms with E-state index in [0.29, 0.717) is 57.1 Å². The van der Waals surface area contributed by atoms with Crippen LogP contribution in [0.2, 0.25) is 25.1 Å². The van der Waals surface area contributed by atoms with Crippen LogP contribution >= 0.6 is 165 Å². The number of amides is 1. The molecule has 1 amide bonds. The summed E-state index contributed by atoms with van der Waals surface area (Å²) in [4.78, 5) is 64.6. The van der Waals surface area contributed by atoms with Gasteiger partial charge in [-0.25, -0.2) is 9.59 Å². The number of Topliss-reactive ketones (excluding diaryl/α,β-unsaturated/α-hetero) is 3. The van der Waals surface area contributed by atoms with E-state index >= 15 is 0 Å². The van der Waals surface area contributed by atoms with Gasteiger partial charge in [-0.15, -0.1) is 12.4 Å². The number of hydrogen-bond donors (Lipinski definition) is 1. The summed E-state index contributed by atoms with van der Waals surface area (Å²) in [6, 6.07) is 26.1. The summed E-state index contributed by atoms with van der Waals surface area (Å²) in [6.07, 6.45) is 7.36. The van der Waals surface area contributed by atoms with Crippen molar-refractivity contribution in [3.63, 3.8) is 0 Å². The predicted molar refractivity (Wildman–Crippen MR) is 360 cm³/mol. The van der Waals surface area contributed by atoms with Gasteiger partial charge in [-0.05, 0) is 138 Å². The third-order valence-electron chi connectivity index (χ3n) is 13.5. The molecule has 3 saturated heterocycles. The van der Waals surface area contributed by atoms with Gasteiger partial charge in [-0.1, -0.05) is 159 Å². The Morgan fingerprint density at radius 3 is 1.48 bits per heavy atom. The summed E-state index contributed by atoms with van der Waals surface area (Å²) in [7, 11) is 0. The van der Waals surface area contributed by atoms with Crippen LogP contribution in [0.5, 0.6) is 0 Å². The van der Waals surface area contributed by atoms with Crippen LogP contribution in [-0.2, 0) is 20.9 Å². The molecule has 10 nitrogen and oxygen atoms in total. The van der Waals surface area contributed by atoms with Crippen LogP contribution in [0, 0.1) is 23.2 Å². The van der Waals surface area contributed by atoms with Gasteiger partial charge >= 0.3 is 76.4 Å². The number of halogens is 12. The third kappa shape index (κ3) is 25.0. The molecule has 7 rings (SSSR count). The molecule has 0 spiro atoms. The predicted octanol–water partition coefficient (Wildman–Crippen LogP) is 20.5. The third-order valence-corrected chi connectivity index (χ3v) is 15.6. The molecule has 0 aromatic heterocycles. The average molecular weight is 1660 g/mol. The van der Waals surface area contributed by atoms with Crippen molar-refractivity contribution in [1.29, 1.82) is 0 Å². The molecule has 5 atom stereocenters. The van der Waals surface area contributed by atoms with Crippen molar-refractivity contribution in [2.75, 3.05) is 39.3 Å². The van der Waals surface area contributed by atoms with E-state index in [1.165, 1.54) is 12.5 Å². The summed E-state index contributed by atoms with van der Waals surface area (Å²) in [5.41, 5.74) is 0.891. The zero-order chi connectivity index (χ0) is 58.4. The van der Waals surface area contributed by atoms with Crippen molar-refractivity contribution in [2.45, 2.75) is 124 Å². The summed E-state index contributed by atoms with van der Waals surface area (Å²) in [5.74, 6) is 0.453. The van der Waals surface area contributed by atoms with Crippen LogP contribution in [0.15, 0.2) is 84.9 Å². The number of carbonyl (C=O) groups is 5. The molecule has 0 aliphatic carbocycles. The van der Waals surface area contributed by atoms with Gasteiger partial charge in [0.15, 0.2) is 28.5 Å². The van der Waals surface area contributed by atoms with E-state index in [2.05, 4.69) is 113 Å². The zero-order valence-electron chi connectivity index (χ0n) is 44.8. The molecular weight excluding hydrogens is 1590 g/mol. The van der Waals surface area contributed by atoms with Gasteiger partial charge in [0.1, 0.15) is 0 Å². The van der Waals surface area contributed by atoms with Gasteiger partial charge in [-0.2, -0.15) is 0 Å². The Morgan fingerprint density at radius 2 is 1.06 bits per heavy atom. The number of benzene rings is 4. The number of carbonyl (C=O) groups excluding carboxylic acids is 5. The molecule has 0 saturated carbocycles. The Hall–Kier alpha value is -0.0656. The van der Waals surface area contributed by atoms with Crippen LogP contribution < -0.4 is 5.32 Å². The summed E-state index contributed by atoms with van der Waals surface area (Å²) in [5, 5.41) is 5.73. The van der Waals surface area contributed by atoms with Gasteiger partial charge < -0.3 is 19.7 Å². The Labute approximate surface area is 558 Å². The van der Waals surface area contributed by atoms with Crippen LogP contribution in [0.4, 0.5) is 9.59 Å². The van der Waals surface area contributed by atoms with E-state index in [-0.39, 0.29) is 52.9 Å². The molecule has 80 heavy (non-hydrogen) atoms. The molecule has 3 fully saturated rings. The van der Waals surface area contributed by atoms with Crippen molar-refractivity contribution < 1.29 is 38.4 Å². The molecule has 5 unspecified atom stereocenters. The number of nitrogens with one attached hydrogen (secondary N) is 1. The van der Waals surface area contributed by atoms with Crippen molar-refractivity contribution in [3.05, 3.63) is 138 Å². The molecule has 3 heterocycles. The Kier molecular flexibility index (Phi) is 38.0. The number of ether oxygens (including phenoxy) is 2. The first kappa shape index (κ1) is 77.9. The molecule has 23 heteroatoms. The second-order valence-corrected chi connectivity index (χ2v) is 58.3. The number of rotatable bonds is 16. The molecular formula is C57H72Cl9I3N3O7V.